The van der Waals surface area contributed by atoms with Gasteiger partial charge in [0.2, 0.25) is 5.91 Å². The zero-order valence-electron chi connectivity index (χ0n) is 14.7. The number of carbonyl (C=O) groups excluding carboxylic acids is 1. The Balaban J connectivity index is 1.65. The number of hydrogen-bond acceptors (Lipinski definition) is 3. The van der Waals surface area contributed by atoms with Gasteiger partial charge < -0.3 is 4.90 Å². The van der Waals surface area contributed by atoms with Gasteiger partial charge in [0.1, 0.15) is 0 Å². The number of benzene rings is 2. The molecule has 1 atom stereocenters. The Hall–Kier alpha value is -2.05. The topological polar surface area (TPSA) is 38.1 Å². The maximum absolute atomic E-state index is 12.6. The first-order chi connectivity index (χ1) is 12.6. The van der Waals surface area contributed by atoms with E-state index < -0.39 is 0 Å². The van der Waals surface area contributed by atoms with Gasteiger partial charge in [-0.15, -0.1) is 0 Å². The highest BCUT2D eigenvalue weighted by molar-refractivity contribution is 9.10. The molecule has 6 heteroatoms. The van der Waals surface area contributed by atoms with Crippen molar-refractivity contribution < 1.29 is 4.79 Å². The maximum Gasteiger partial charge on any atom is 0.233 e. The van der Waals surface area contributed by atoms with Crippen molar-refractivity contribution in [3.05, 3.63) is 77.0 Å². The maximum atomic E-state index is 12.6. The molecule has 0 N–H and O–H groups in total. The Bertz CT molecular complexity index is 864. The molecule has 4 nitrogen and oxygen atoms in total. The first-order valence-corrected chi connectivity index (χ1v) is 10.1. The quantitative estimate of drug-likeness (QED) is 0.520. The van der Waals surface area contributed by atoms with E-state index in [4.69, 9.17) is 0 Å². The molecule has 0 saturated heterocycles. The van der Waals surface area contributed by atoms with E-state index in [0.29, 0.717) is 5.75 Å². The number of carbonyl (C=O) groups is 1. The molecule has 1 aromatic heterocycles. The van der Waals surface area contributed by atoms with Crippen LogP contribution in [0.3, 0.4) is 0 Å². The summed E-state index contributed by atoms with van der Waals surface area (Å²) in [6, 6.07) is 18.1. The van der Waals surface area contributed by atoms with E-state index in [0.717, 1.165) is 20.9 Å². The molecule has 3 rings (SSSR count). The third kappa shape index (κ3) is 4.37. The van der Waals surface area contributed by atoms with Crippen LogP contribution in [0.15, 0.2) is 76.6 Å². The number of aromatic nitrogens is 2. The number of amides is 1. The first-order valence-electron chi connectivity index (χ1n) is 8.29. The molecule has 0 aliphatic rings. The van der Waals surface area contributed by atoms with Gasteiger partial charge in [-0.2, -0.15) is 0 Å². The smallest absolute Gasteiger partial charge is 0.233 e. The highest BCUT2D eigenvalue weighted by Gasteiger charge is 2.18. The number of halogens is 1. The Kier molecular flexibility index (Phi) is 6.16. The lowest BCUT2D eigenvalue weighted by molar-refractivity contribution is -0.128. The van der Waals surface area contributed by atoms with Crippen LogP contribution in [0, 0.1) is 0 Å². The number of rotatable bonds is 6. The monoisotopic (exact) mass is 429 g/mol. The number of imidazole rings is 1. The van der Waals surface area contributed by atoms with Crippen LogP contribution in [-0.4, -0.2) is 33.2 Å². The fourth-order valence-corrected chi connectivity index (χ4v) is 3.76. The second-order valence-corrected chi connectivity index (χ2v) is 7.79. The first kappa shape index (κ1) is 18.7. The zero-order chi connectivity index (χ0) is 18.5. The minimum absolute atomic E-state index is 0.0375. The van der Waals surface area contributed by atoms with Crippen LogP contribution >= 0.6 is 27.7 Å². The lowest BCUT2D eigenvalue weighted by atomic mass is 10.1. The molecule has 3 aromatic rings. The summed E-state index contributed by atoms with van der Waals surface area (Å²) in [5.74, 6) is 0.429. The van der Waals surface area contributed by atoms with Crippen LogP contribution in [0.1, 0.15) is 18.5 Å². The summed E-state index contributed by atoms with van der Waals surface area (Å²) < 4.78 is 3.02. The summed E-state index contributed by atoms with van der Waals surface area (Å²) >= 11 is 4.90. The Morgan fingerprint density at radius 1 is 1.19 bits per heavy atom. The van der Waals surface area contributed by atoms with Crippen LogP contribution in [0.2, 0.25) is 0 Å². The molecule has 1 unspecified atom stereocenters. The summed E-state index contributed by atoms with van der Waals surface area (Å²) in [4.78, 5) is 18.8. The molecule has 26 heavy (non-hydrogen) atoms. The van der Waals surface area contributed by atoms with E-state index in [2.05, 4.69) is 20.9 Å². The van der Waals surface area contributed by atoms with Crippen molar-refractivity contribution in [1.82, 2.24) is 14.5 Å². The van der Waals surface area contributed by atoms with E-state index in [9.17, 15) is 4.79 Å². The van der Waals surface area contributed by atoms with Gasteiger partial charge in [0, 0.05) is 29.6 Å². The molecule has 0 radical (unpaired) electrons. The van der Waals surface area contributed by atoms with Gasteiger partial charge >= 0.3 is 0 Å². The lowest BCUT2D eigenvalue weighted by Gasteiger charge is -2.25. The predicted molar refractivity (Wildman–Crippen MR) is 110 cm³/mol. The van der Waals surface area contributed by atoms with Gasteiger partial charge in [0.25, 0.3) is 0 Å². The molecule has 0 saturated carbocycles. The second-order valence-electron chi connectivity index (χ2n) is 5.94. The van der Waals surface area contributed by atoms with Gasteiger partial charge in [0.15, 0.2) is 5.16 Å². The molecule has 0 fully saturated rings. The molecule has 1 heterocycles. The average Bonchev–Trinajstić information content (AvgIpc) is 3.14. The van der Waals surface area contributed by atoms with Crippen LogP contribution in [0.25, 0.3) is 5.69 Å². The van der Waals surface area contributed by atoms with Gasteiger partial charge in [-0.3, -0.25) is 9.36 Å². The molecule has 1 amide bonds. The summed E-state index contributed by atoms with van der Waals surface area (Å²) in [5, 5.41) is 0.807. The summed E-state index contributed by atoms with van der Waals surface area (Å²) in [5.41, 5.74) is 2.15. The Morgan fingerprint density at radius 2 is 1.88 bits per heavy atom. The molecule has 0 bridgehead atoms. The highest BCUT2D eigenvalue weighted by Crippen LogP contribution is 2.24. The predicted octanol–water partition coefficient (Wildman–Crippen LogP) is 4.95. The number of hydrogen-bond donors (Lipinski definition) is 0. The van der Waals surface area contributed by atoms with Crippen molar-refractivity contribution in [2.24, 2.45) is 0 Å². The van der Waals surface area contributed by atoms with E-state index in [1.54, 1.807) is 11.1 Å². The molecule has 0 aliphatic heterocycles. The number of nitrogens with zero attached hydrogens (tertiary/aromatic N) is 3. The molecule has 0 spiro atoms. The van der Waals surface area contributed by atoms with Crippen LogP contribution < -0.4 is 0 Å². The average molecular weight is 430 g/mol. The zero-order valence-corrected chi connectivity index (χ0v) is 17.1. The molecule has 2 aromatic carbocycles. The van der Waals surface area contributed by atoms with E-state index in [1.807, 2.05) is 79.3 Å². The van der Waals surface area contributed by atoms with Crippen molar-refractivity contribution >= 4 is 33.6 Å². The Labute approximate surface area is 166 Å². The van der Waals surface area contributed by atoms with Crippen molar-refractivity contribution in [2.75, 3.05) is 12.8 Å². The highest BCUT2D eigenvalue weighted by atomic mass is 79.9. The minimum Gasteiger partial charge on any atom is -0.338 e. The van der Waals surface area contributed by atoms with Gasteiger partial charge in [-0.1, -0.05) is 58.0 Å². The number of thioether (sulfide) groups is 1. The van der Waals surface area contributed by atoms with Gasteiger partial charge in [-0.25, -0.2) is 4.98 Å². The lowest BCUT2D eigenvalue weighted by Crippen LogP contribution is -2.31. The van der Waals surface area contributed by atoms with Crippen molar-refractivity contribution in [2.45, 2.75) is 18.1 Å². The van der Waals surface area contributed by atoms with Crippen molar-refractivity contribution in [3.63, 3.8) is 0 Å². The molecule has 0 aliphatic carbocycles. The van der Waals surface area contributed by atoms with Gasteiger partial charge in [0.05, 0.1) is 11.8 Å². The largest absolute Gasteiger partial charge is 0.338 e. The van der Waals surface area contributed by atoms with Crippen LogP contribution in [0.5, 0.6) is 0 Å². The minimum atomic E-state index is 0.0375. The molecule has 134 valence electrons. The van der Waals surface area contributed by atoms with Crippen molar-refractivity contribution in [1.29, 1.82) is 0 Å². The summed E-state index contributed by atoms with van der Waals surface area (Å²) in [6.45, 7) is 2.04. The van der Waals surface area contributed by atoms with E-state index >= 15 is 0 Å². The van der Waals surface area contributed by atoms with Crippen LogP contribution in [-0.2, 0) is 4.79 Å². The van der Waals surface area contributed by atoms with E-state index in [-0.39, 0.29) is 11.9 Å². The SMILES string of the molecule is CC(c1ccccc1)N(C)C(=O)CSc1nccn1-c1ccc(Br)cc1. The molecular formula is C20H20BrN3OS. The fourth-order valence-electron chi connectivity index (χ4n) is 2.59. The second kappa shape index (κ2) is 8.56. The fraction of sp³-hybridized carbons (Fsp3) is 0.200. The summed E-state index contributed by atoms with van der Waals surface area (Å²) in [6.07, 6.45) is 3.66. The third-order valence-electron chi connectivity index (χ3n) is 4.29. The van der Waals surface area contributed by atoms with E-state index in [1.165, 1.54) is 11.8 Å². The normalized spacial score (nSPS) is 12.0. The van der Waals surface area contributed by atoms with Gasteiger partial charge in [-0.05, 0) is 36.8 Å². The Morgan fingerprint density at radius 3 is 2.58 bits per heavy atom. The van der Waals surface area contributed by atoms with Crippen LogP contribution in [0.4, 0.5) is 0 Å². The third-order valence-corrected chi connectivity index (χ3v) is 5.77. The van der Waals surface area contributed by atoms with Crippen molar-refractivity contribution in [3.8, 4) is 5.69 Å². The molecular weight excluding hydrogens is 410 g/mol. The standard InChI is InChI=1S/C20H20BrN3OS/c1-15(16-6-4-3-5-7-16)23(2)19(25)14-26-20-22-12-13-24(20)18-10-8-17(21)9-11-18/h3-13,15H,14H2,1-2H3. The summed E-state index contributed by atoms with van der Waals surface area (Å²) in [7, 11) is 1.85.